The number of ether oxygens (including phenoxy) is 2. The highest BCUT2D eigenvalue weighted by molar-refractivity contribution is 5.86. The van der Waals surface area contributed by atoms with Crippen LogP contribution in [0.4, 0.5) is 15.4 Å². The zero-order valence-corrected chi connectivity index (χ0v) is 22.9. The summed E-state index contributed by atoms with van der Waals surface area (Å²) in [5, 5.41) is 11.5. The van der Waals surface area contributed by atoms with Crippen LogP contribution in [0.25, 0.3) is 16.8 Å². The first-order valence-corrected chi connectivity index (χ1v) is 12.6. The molecule has 4 heterocycles. The molecule has 38 heavy (non-hydrogen) atoms. The minimum Gasteiger partial charge on any atom is -0.444 e. The van der Waals surface area contributed by atoms with Crippen LogP contribution in [0.5, 0.6) is 0 Å². The smallest absolute Gasteiger partial charge is 0.413 e. The second-order valence-corrected chi connectivity index (χ2v) is 11.5. The Balaban J connectivity index is 1.74. The highest BCUT2D eigenvalue weighted by Gasteiger charge is 2.36. The summed E-state index contributed by atoms with van der Waals surface area (Å²) in [5.41, 5.74) is 1.32. The van der Waals surface area contributed by atoms with Gasteiger partial charge in [-0.25, -0.2) is 14.6 Å². The number of aromatic nitrogens is 5. The number of rotatable bonds is 4. The summed E-state index contributed by atoms with van der Waals surface area (Å²) >= 11 is 0. The predicted molar refractivity (Wildman–Crippen MR) is 140 cm³/mol. The Morgan fingerprint density at radius 2 is 1.76 bits per heavy atom. The third-order valence-corrected chi connectivity index (χ3v) is 5.97. The van der Waals surface area contributed by atoms with E-state index < -0.39 is 29.4 Å². The normalized spacial score (nSPS) is 18.3. The summed E-state index contributed by atoms with van der Waals surface area (Å²) in [6.45, 7) is 10.9. The van der Waals surface area contributed by atoms with E-state index in [-0.39, 0.29) is 12.5 Å². The average molecular weight is 526 g/mol. The molecular formula is C26H35N7O5. The number of piperidine rings is 1. The van der Waals surface area contributed by atoms with Crippen LogP contribution in [-0.2, 0) is 21.3 Å². The predicted octanol–water partition coefficient (Wildman–Crippen LogP) is 4.16. The van der Waals surface area contributed by atoms with Crippen molar-refractivity contribution < 1.29 is 23.9 Å². The Morgan fingerprint density at radius 3 is 2.37 bits per heavy atom. The van der Waals surface area contributed by atoms with Gasteiger partial charge in [-0.15, -0.1) is 0 Å². The van der Waals surface area contributed by atoms with Crippen molar-refractivity contribution in [2.75, 3.05) is 11.9 Å². The Morgan fingerprint density at radius 1 is 1.05 bits per heavy atom. The van der Waals surface area contributed by atoms with Gasteiger partial charge in [0, 0.05) is 42.9 Å². The molecule has 12 nitrogen and oxygen atoms in total. The lowest BCUT2D eigenvalue weighted by Gasteiger charge is -2.37. The quantitative estimate of drug-likeness (QED) is 0.502. The first-order chi connectivity index (χ1) is 17.7. The highest BCUT2D eigenvalue weighted by atomic mass is 16.6. The standard InChI is InChI=1S/C26H35N7O5/c1-25(2,3)37-23(35)30-21-10-20(29-22-19(12-28-33(21)22)17-11-27-31(7)13-17)16-8-9-18(15-34)32(14-16)24(36)38-26(4,5)6/h10-13,15-16,18H,8-9,14H2,1-7H3,(H,30,35). The Labute approximate surface area is 221 Å². The van der Waals surface area contributed by atoms with Gasteiger partial charge < -0.3 is 14.3 Å². The van der Waals surface area contributed by atoms with Gasteiger partial charge in [0.15, 0.2) is 5.65 Å². The fourth-order valence-electron chi connectivity index (χ4n) is 4.36. The average Bonchev–Trinajstić information content (AvgIpc) is 3.42. The summed E-state index contributed by atoms with van der Waals surface area (Å²) in [4.78, 5) is 43.8. The topological polar surface area (TPSA) is 133 Å². The van der Waals surface area contributed by atoms with Gasteiger partial charge in [0.05, 0.1) is 24.1 Å². The van der Waals surface area contributed by atoms with E-state index in [0.29, 0.717) is 30.0 Å². The molecule has 0 spiro atoms. The molecule has 0 bridgehead atoms. The van der Waals surface area contributed by atoms with Crippen molar-refractivity contribution in [1.29, 1.82) is 0 Å². The molecule has 0 radical (unpaired) electrons. The Bertz CT molecular complexity index is 1350. The number of carbonyl (C=O) groups is 3. The fraction of sp³-hybridized carbons (Fsp3) is 0.538. The van der Waals surface area contributed by atoms with E-state index in [1.165, 1.54) is 4.90 Å². The molecule has 1 fully saturated rings. The molecule has 2 atom stereocenters. The van der Waals surface area contributed by atoms with Crippen molar-refractivity contribution in [2.45, 2.75) is 77.5 Å². The number of nitrogens with zero attached hydrogens (tertiary/aromatic N) is 6. The van der Waals surface area contributed by atoms with Gasteiger partial charge in [-0.05, 0) is 54.4 Å². The number of aldehydes is 1. The number of hydrogen-bond donors (Lipinski definition) is 1. The second-order valence-electron chi connectivity index (χ2n) is 11.5. The molecule has 1 aliphatic rings. The number of nitrogens with one attached hydrogen (secondary N) is 1. The first-order valence-electron chi connectivity index (χ1n) is 12.6. The van der Waals surface area contributed by atoms with E-state index >= 15 is 0 Å². The summed E-state index contributed by atoms with van der Waals surface area (Å²) in [5.74, 6) is 0.162. The number of fused-ring (bicyclic) bond motifs is 1. The molecule has 4 rings (SSSR count). The molecule has 1 saturated heterocycles. The lowest BCUT2D eigenvalue weighted by atomic mass is 9.90. The Hall–Kier alpha value is -3.96. The van der Waals surface area contributed by atoms with Crippen molar-refractivity contribution in [1.82, 2.24) is 29.3 Å². The van der Waals surface area contributed by atoms with Gasteiger partial charge in [0.1, 0.15) is 23.3 Å². The van der Waals surface area contributed by atoms with Crippen LogP contribution in [0.15, 0.2) is 24.7 Å². The molecule has 2 unspecified atom stereocenters. The number of likely N-dealkylation sites (tertiary alicyclic amines) is 1. The van der Waals surface area contributed by atoms with Gasteiger partial charge in [-0.2, -0.15) is 14.7 Å². The zero-order valence-electron chi connectivity index (χ0n) is 22.9. The molecule has 1 aliphatic heterocycles. The summed E-state index contributed by atoms with van der Waals surface area (Å²) in [6.07, 6.45) is 5.92. The molecule has 204 valence electrons. The van der Waals surface area contributed by atoms with Crippen molar-refractivity contribution >= 4 is 29.9 Å². The lowest BCUT2D eigenvalue weighted by molar-refractivity contribution is -0.113. The van der Waals surface area contributed by atoms with Crippen molar-refractivity contribution in [3.63, 3.8) is 0 Å². The van der Waals surface area contributed by atoms with Crippen molar-refractivity contribution in [3.05, 3.63) is 30.4 Å². The molecule has 0 aliphatic carbocycles. The minimum atomic E-state index is -0.699. The minimum absolute atomic E-state index is 0.209. The van der Waals surface area contributed by atoms with Gasteiger partial charge in [-0.1, -0.05) is 0 Å². The maximum Gasteiger partial charge on any atom is 0.413 e. The number of aryl methyl sites for hydroxylation is 1. The van der Waals surface area contributed by atoms with E-state index in [2.05, 4.69) is 15.5 Å². The van der Waals surface area contributed by atoms with E-state index in [9.17, 15) is 14.4 Å². The maximum absolute atomic E-state index is 12.9. The summed E-state index contributed by atoms with van der Waals surface area (Å²) in [6, 6.07) is 1.15. The van der Waals surface area contributed by atoms with Crippen molar-refractivity contribution in [3.8, 4) is 11.1 Å². The van der Waals surface area contributed by atoms with E-state index in [1.807, 2.05) is 13.2 Å². The monoisotopic (exact) mass is 525 g/mol. The Kier molecular flexibility index (Phi) is 7.18. The van der Waals surface area contributed by atoms with Gasteiger partial charge in [-0.3, -0.25) is 14.9 Å². The second kappa shape index (κ2) is 10.1. The van der Waals surface area contributed by atoms with E-state index in [4.69, 9.17) is 14.5 Å². The van der Waals surface area contributed by atoms with Gasteiger partial charge in [0.2, 0.25) is 0 Å². The van der Waals surface area contributed by atoms with Gasteiger partial charge >= 0.3 is 12.2 Å². The molecule has 2 amide bonds. The fourth-order valence-corrected chi connectivity index (χ4v) is 4.36. The van der Waals surface area contributed by atoms with Crippen LogP contribution in [0.2, 0.25) is 0 Å². The highest BCUT2D eigenvalue weighted by Crippen LogP contribution is 2.33. The van der Waals surface area contributed by atoms with E-state index in [0.717, 1.165) is 17.4 Å². The third-order valence-electron chi connectivity index (χ3n) is 5.97. The SMILES string of the molecule is Cn1cc(-c2cnn3c(NC(=O)OC(C)(C)C)cc(C4CCC(C=O)N(C(=O)OC(C)(C)C)C4)nc23)cn1. The number of hydrogen-bond acceptors (Lipinski definition) is 8. The molecule has 3 aromatic heterocycles. The van der Waals surface area contributed by atoms with Crippen LogP contribution in [0.3, 0.4) is 0 Å². The maximum atomic E-state index is 12.9. The van der Waals surface area contributed by atoms with Gasteiger partial charge in [0.25, 0.3) is 0 Å². The largest absolute Gasteiger partial charge is 0.444 e. The molecule has 0 aromatic carbocycles. The zero-order chi connectivity index (χ0) is 27.8. The first kappa shape index (κ1) is 27.1. The number of amides is 2. The summed E-state index contributed by atoms with van der Waals surface area (Å²) < 4.78 is 14.2. The van der Waals surface area contributed by atoms with E-state index in [1.54, 1.807) is 69.2 Å². The van der Waals surface area contributed by atoms with Crippen LogP contribution < -0.4 is 5.32 Å². The lowest BCUT2D eigenvalue weighted by Crippen LogP contribution is -2.49. The van der Waals surface area contributed by atoms with Crippen molar-refractivity contribution in [2.24, 2.45) is 7.05 Å². The van der Waals surface area contributed by atoms with Crippen LogP contribution >= 0.6 is 0 Å². The molecule has 0 saturated carbocycles. The van der Waals surface area contributed by atoms with Crippen LogP contribution in [-0.4, -0.2) is 71.5 Å². The van der Waals surface area contributed by atoms with Crippen LogP contribution in [0.1, 0.15) is 66.0 Å². The van der Waals surface area contributed by atoms with Crippen LogP contribution in [0, 0.1) is 0 Å². The number of anilines is 1. The molecule has 3 aromatic rings. The molecular weight excluding hydrogens is 490 g/mol. The number of carbonyl (C=O) groups excluding carboxylic acids is 3. The molecule has 12 heteroatoms. The molecule has 1 N–H and O–H groups in total. The third kappa shape index (κ3) is 6.12. The summed E-state index contributed by atoms with van der Waals surface area (Å²) in [7, 11) is 1.82.